The van der Waals surface area contributed by atoms with E-state index < -0.39 is 5.66 Å². The molecule has 1 amide bonds. The van der Waals surface area contributed by atoms with E-state index in [0.29, 0.717) is 6.54 Å². The molecule has 1 aliphatic heterocycles. The first-order valence-electron chi connectivity index (χ1n) is 7.44. The van der Waals surface area contributed by atoms with Gasteiger partial charge in [-0.05, 0) is 43.7 Å². The van der Waals surface area contributed by atoms with Crippen molar-refractivity contribution in [3.8, 4) is 5.75 Å². The fourth-order valence-electron chi connectivity index (χ4n) is 3.06. The van der Waals surface area contributed by atoms with Gasteiger partial charge in [0.1, 0.15) is 11.4 Å². The van der Waals surface area contributed by atoms with Crippen molar-refractivity contribution < 1.29 is 9.53 Å². The maximum atomic E-state index is 12.8. The lowest BCUT2D eigenvalue weighted by atomic mass is 9.93. The van der Waals surface area contributed by atoms with Crippen molar-refractivity contribution in [2.45, 2.75) is 19.5 Å². The Morgan fingerprint density at radius 2 is 1.82 bits per heavy atom. The van der Waals surface area contributed by atoms with Gasteiger partial charge in [0.2, 0.25) is 0 Å². The minimum atomic E-state index is -0.577. The summed E-state index contributed by atoms with van der Waals surface area (Å²) in [5.74, 6) is 0.855. The molecule has 0 bridgehead atoms. The Bertz CT molecular complexity index is 696. The molecule has 4 heteroatoms. The first kappa shape index (κ1) is 14.4. The highest BCUT2D eigenvalue weighted by atomic mass is 16.5. The van der Waals surface area contributed by atoms with Crippen LogP contribution < -0.4 is 10.1 Å². The lowest BCUT2D eigenvalue weighted by Crippen LogP contribution is -2.55. The summed E-state index contributed by atoms with van der Waals surface area (Å²) in [6.07, 6.45) is 0. The van der Waals surface area contributed by atoms with Crippen molar-refractivity contribution in [3.63, 3.8) is 0 Å². The highest BCUT2D eigenvalue weighted by molar-refractivity contribution is 6.02. The van der Waals surface area contributed by atoms with Gasteiger partial charge in [0.15, 0.2) is 0 Å². The maximum Gasteiger partial charge on any atom is 0.258 e. The summed E-state index contributed by atoms with van der Waals surface area (Å²) in [7, 11) is 1.65. The van der Waals surface area contributed by atoms with Crippen LogP contribution in [0.3, 0.4) is 0 Å². The molecule has 1 aliphatic rings. The van der Waals surface area contributed by atoms with E-state index in [4.69, 9.17) is 4.74 Å². The molecule has 1 atom stereocenters. The largest absolute Gasteiger partial charge is 0.497 e. The Hall–Kier alpha value is -2.49. The molecule has 0 aliphatic carbocycles. The highest BCUT2D eigenvalue weighted by Gasteiger charge is 2.41. The number of rotatable bonds is 3. The molecule has 0 fully saturated rings. The quantitative estimate of drug-likeness (QED) is 0.943. The molecule has 1 N–H and O–H groups in total. The summed E-state index contributed by atoms with van der Waals surface area (Å²) in [6.45, 7) is 4.66. The first-order valence-corrected chi connectivity index (χ1v) is 7.44. The zero-order chi connectivity index (χ0) is 15.7. The average Bonchev–Trinajstić information content (AvgIpc) is 2.55. The Kier molecular flexibility index (Phi) is 3.53. The molecule has 0 radical (unpaired) electrons. The van der Waals surface area contributed by atoms with Crippen molar-refractivity contribution in [1.29, 1.82) is 0 Å². The predicted molar refractivity (Wildman–Crippen MR) is 87.1 cm³/mol. The van der Waals surface area contributed by atoms with E-state index in [2.05, 4.69) is 5.32 Å². The fraction of sp³-hybridized carbons (Fsp3) is 0.278. The second-order valence-electron chi connectivity index (χ2n) is 5.52. The number of hydrogen-bond donors (Lipinski definition) is 1. The topological polar surface area (TPSA) is 41.6 Å². The third-order valence-electron chi connectivity index (χ3n) is 4.29. The SMILES string of the molecule is CCN1C(=O)c2ccccc2NC1(C)c1ccc(OC)cc1. The monoisotopic (exact) mass is 296 g/mol. The molecule has 0 saturated carbocycles. The zero-order valence-corrected chi connectivity index (χ0v) is 13.1. The van der Waals surface area contributed by atoms with Gasteiger partial charge in [-0.25, -0.2) is 0 Å². The maximum absolute atomic E-state index is 12.8. The predicted octanol–water partition coefficient (Wildman–Crippen LogP) is 3.46. The van der Waals surface area contributed by atoms with Gasteiger partial charge in [0, 0.05) is 12.2 Å². The number of carbonyl (C=O) groups is 1. The molecule has 22 heavy (non-hydrogen) atoms. The van der Waals surface area contributed by atoms with Crippen LogP contribution in [0.1, 0.15) is 29.8 Å². The molecule has 3 rings (SSSR count). The van der Waals surface area contributed by atoms with Gasteiger partial charge in [0.25, 0.3) is 5.91 Å². The number of methoxy groups -OCH3 is 1. The van der Waals surface area contributed by atoms with Crippen LogP contribution in [0.5, 0.6) is 5.75 Å². The molecule has 0 aromatic heterocycles. The minimum absolute atomic E-state index is 0.0511. The Morgan fingerprint density at radius 3 is 2.45 bits per heavy atom. The lowest BCUT2D eigenvalue weighted by molar-refractivity contribution is 0.0553. The summed E-state index contributed by atoms with van der Waals surface area (Å²) >= 11 is 0. The number of benzene rings is 2. The summed E-state index contributed by atoms with van der Waals surface area (Å²) in [5, 5.41) is 3.52. The first-order chi connectivity index (χ1) is 10.6. The Morgan fingerprint density at radius 1 is 1.14 bits per heavy atom. The van der Waals surface area contributed by atoms with E-state index in [-0.39, 0.29) is 5.91 Å². The van der Waals surface area contributed by atoms with Crippen LogP contribution in [0.25, 0.3) is 0 Å². The molecule has 2 aromatic rings. The summed E-state index contributed by atoms with van der Waals surface area (Å²) in [6, 6.07) is 15.5. The number of carbonyl (C=O) groups excluding carboxylic acids is 1. The molecule has 1 unspecified atom stereocenters. The van der Waals surface area contributed by atoms with Gasteiger partial charge in [0.05, 0.1) is 12.7 Å². The van der Waals surface area contributed by atoms with Gasteiger partial charge in [-0.15, -0.1) is 0 Å². The molecule has 4 nitrogen and oxygen atoms in total. The van der Waals surface area contributed by atoms with E-state index in [1.54, 1.807) is 7.11 Å². The van der Waals surface area contributed by atoms with Gasteiger partial charge < -0.3 is 15.0 Å². The zero-order valence-electron chi connectivity index (χ0n) is 13.1. The van der Waals surface area contributed by atoms with Crippen LogP contribution >= 0.6 is 0 Å². The number of anilines is 1. The molecule has 2 aromatic carbocycles. The van der Waals surface area contributed by atoms with Gasteiger partial charge >= 0.3 is 0 Å². The van der Waals surface area contributed by atoms with Crippen molar-refractivity contribution in [2.24, 2.45) is 0 Å². The van der Waals surface area contributed by atoms with Crippen LogP contribution in [0.15, 0.2) is 48.5 Å². The van der Waals surface area contributed by atoms with Crippen LogP contribution in [0, 0.1) is 0 Å². The molecule has 0 spiro atoms. The van der Waals surface area contributed by atoms with Crippen LogP contribution in [0.2, 0.25) is 0 Å². The molecular weight excluding hydrogens is 276 g/mol. The number of fused-ring (bicyclic) bond motifs is 1. The second-order valence-corrected chi connectivity index (χ2v) is 5.52. The van der Waals surface area contributed by atoms with E-state index >= 15 is 0 Å². The number of amides is 1. The van der Waals surface area contributed by atoms with Crippen LogP contribution in [0.4, 0.5) is 5.69 Å². The van der Waals surface area contributed by atoms with Gasteiger partial charge in [-0.1, -0.05) is 24.3 Å². The van der Waals surface area contributed by atoms with Crippen LogP contribution in [-0.4, -0.2) is 24.5 Å². The van der Waals surface area contributed by atoms with E-state index in [9.17, 15) is 4.79 Å². The summed E-state index contributed by atoms with van der Waals surface area (Å²) in [4.78, 5) is 14.7. The molecule has 114 valence electrons. The number of hydrogen-bond acceptors (Lipinski definition) is 3. The number of nitrogens with one attached hydrogen (secondary N) is 1. The third kappa shape index (κ3) is 2.11. The lowest BCUT2D eigenvalue weighted by Gasteiger charge is -2.46. The fourth-order valence-corrected chi connectivity index (χ4v) is 3.06. The van der Waals surface area contributed by atoms with Crippen molar-refractivity contribution in [2.75, 3.05) is 19.0 Å². The third-order valence-corrected chi connectivity index (χ3v) is 4.29. The Labute approximate surface area is 130 Å². The standard InChI is InChI=1S/C18H20N2O2/c1-4-20-17(21)15-7-5-6-8-16(15)19-18(20,2)13-9-11-14(22-3)12-10-13/h5-12,19H,4H2,1-3H3. The minimum Gasteiger partial charge on any atom is -0.497 e. The van der Waals surface area contributed by atoms with E-state index in [1.807, 2.05) is 67.3 Å². The normalized spacial score (nSPS) is 20.3. The van der Waals surface area contributed by atoms with Gasteiger partial charge in [-0.3, -0.25) is 4.79 Å². The smallest absolute Gasteiger partial charge is 0.258 e. The van der Waals surface area contributed by atoms with Gasteiger partial charge in [-0.2, -0.15) is 0 Å². The molecule has 0 saturated heterocycles. The summed E-state index contributed by atoms with van der Waals surface area (Å²) in [5.41, 5.74) is 2.04. The molecule has 1 heterocycles. The number of nitrogens with zero attached hydrogens (tertiary/aromatic N) is 1. The second kappa shape index (κ2) is 5.37. The van der Waals surface area contributed by atoms with Crippen molar-refractivity contribution >= 4 is 11.6 Å². The number of ether oxygens (including phenoxy) is 1. The van der Waals surface area contributed by atoms with Crippen LogP contribution in [-0.2, 0) is 5.66 Å². The summed E-state index contributed by atoms with van der Waals surface area (Å²) < 4.78 is 5.22. The number of para-hydroxylation sites is 1. The molecular formula is C18H20N2O2. The van der Waals surface area contributed by atoms with E-state index in [1.165, 1.54) is 0 Å². The van der Waals surface area contributed by atoms with Crippen molar-refractivity contribution in [3.05, 3.63) is 59.7 Å². The van der Waals surface area contributed by atoms with E-state index in [0.717, 1.165) is 22.6 Å². The van der Waals surface area contributed by atoms with Crippen molar-refractivity contribution in [1.82, 2.24) is 4.90 Å². The average molecular weight is 296 g/mol. The highest BCUT2D eigenvalue weighted by Crippen LogP contribution is 2.37. The Balaban J connectivity index is 2.09.